The number of nitrogens with one attached hydrogen (secondary N) is 2. The van der Waals surface area contributed by atoms with Crippen LogP contribution in [0.3, 0.4) is 0 Å². The molecule has 4 aromatic rings. The predicted octanol–water partition coefficient (Wildman–Crippen LogP) is 6.44. The summed E-state index contributed by atoms with van der Waals surface area (Å²) in [6.45, 7) is 2.15. The minimum Gasteiger partial charge on any atom is -0.345 e. The molecule has 12 heteroatoms. The van der Waals surface area contributed by atoms with Gasteiger partial charge in [-0.05, 0) is 72.7 Å². The minimum absolute atomic E-state index is 0.113. The quantitative estimate of drug-likeness (QED) is 0.247. The third kappa shape index (κ3) is 5.83. The smallest absolute Gasteiger partial charge is 0.345 e. The summed E-state index contributed by atoms with van der Waals surface area (Å²) < 4.78 is 46.3. The number of carbonyl (C=O) groups excluding carboxylic acids is 1. The molecule has 210 valence electrons. The van der Waals surface area contributed by atoms with E-state index in [-0.39, 0.29) is 47.4 Å². The normalized spacial score (nSPS) is 14.4. The van der Waals surface area contributed by atoms with Crippen LogP contribution in [0.25, 0.3) is 11.1 Å². The molecule has 0 unspecified atom stereocenters. The fourth-order valence-electron chi connectivity index (χ4n) is 4.76. The van der Waals surface area contributed by atoms with E-state index in [9.17, 15) is 18.0 Å². The zero-order valence-electron chi connectivity index (χ0n) is 21.8. The van der Waals surface area contributed by atoms with Gasteiger partial charge in [-0.2, -0.15) is 18.3 Å². The van der Waals surface area contributed by atoms with Crippen LogP contribution in [0.2, 0.25) is 10.0 Å². The Morgan fingerprint density at radius 3 is 2.50 bits per heavy atom. The molecule has 2 aromatic carbocycles. The molecule has 2 aromatic heterocycles. The lowest BCUT2D eigenvalue weighted by Gasteiger charge is -2.20. The van der Waals surface area contributed by atoms with Crippen molar-refractivity contribution in [1.29, 1.82) is 5.41 Å². The number of aromatic nitrogens is 4. The summed E-state index contributed by atoms with van der Waals surface area (Å²) >= 11 is 12.3. The second kappa shape index (κ2) is 10.8. The number of aryl methyl sites for hydroxylation is 2. The van der Waals surface area contributed by atoms with E-state index in [1.54, 1.807) is 59.8 Å². The second-order valence-electron chi connectivity index (χ2n) is 9.99. The van der Waals surface area contributed by atoms with Gasteiger partial charge in [-0.15, -0.1) is 0 Å². The highest BCUT2D eigenvalue weighted by Crippen LogP contribution is 2.42. The average molecular weight is 591 g/mol. The van der Waals surface area contributed by atoms with Crippen LogP contribution in [0.15, 0.2) is 55.0 Å². The Labute approximate surface area is 238 Å². The van der Waals surface area contributed by atoms with Gasteiger partial charge in [0.1, 0.15) is 0 Å². The monoisotopic (exact) mass is 590 g/mol. The van der Waals surface area contributed by atoms with Crippen LogP contribution >= 0.6 is 23.2 Å². The Balaban J connectivity index is 1.57. The lowest BCUT2D eigenvalue weighted by Crippen LogP contribution is -2.30. The van der Waals surface area contributed by atoms with Crippen molar-refractivity contribution < 1.29 is 18.0 Å². The lowest BCUT2D eigenvalue weighted by molar-refractivity contribution is -0.141. The van der Waals surface area contributed by atoms with Crippen molar-refractivity contribution >= 4 is 29.1 Å². The maximum absolute atomic E-state index is 14.0. The van der Waals surface area contributed by atoms with Crippen LogP contribution in [0.4, 0.5) is 13.2 Å². The Morgan fingerprint density at radius 2 is 1.90 bits per heavy atom. The zero-order valence-corrected chi connectivity index (χ0v) is 23.3. The van der Waals surface area contributed by atoms with Crippen molar-refractivity contribution in [3.05, 3.63) is 93.0 Å². The molecule has 0 bridgehead atoms. The van der Waals surface area contributed by atoms with Gasteiger partial charge in [0, 0.05) is 43.3 Å². The summed E-state index contributed by atoms with van der Waals surface area (Å²) in [5, 5.41) is 15.9. The van der Waals surface area contributed by atoms with Gasteiger partial charge in [0.25, 0.3) is 5.91 Å². The van der Waals surface area contributed by atoms with E-state index < -0.39 is 17.8 Å². The van der Waals surface area contributed by atoms with E-state index in [2.05, 4.69) is 10.4 Å². The summed E-state index contributed by atoms with van der Waals surface area (Å²) in [6, 6.07) is 9.61. The Bertz CT molecular complexity index is 1630. The van der Waals surface area contributed by atoms with E-state index in [4.69, 9.17) is 28.6 Å². The molecule has 1 saturated carbocycles. The summed E-state index contributed by atoms with van der Waals surface area (Å²) in [4.78, 5) is 13.7. The van der Waals surface area contributed by atoms with Gasteiger partial charge in [0.2, 0.25) is 5.62 Å². The summed E-state index contributed by atoms with van der Waals surface area (Å²) in [6.07, 6.45) is 1.94. The predicted molar refractivity (Wildman–Crippen MR) is 146 cm³/mol. The first-order chi connectivity index (χ1) is 18.9. The lowest BCUT2D eigenvalue weighted by atomic mass is 9.98. The molecular weight excluding hydrogens is 564 g/mol. The van der Waals surface area contributed by atoms with Gasteiger partial charge in [-0.3, -0.25) is 14.9 Å². The van der Waals surface area contributed by atoms with Crippen molar-refractivity contribution in [2.24, 2.45) is 13.0 Å². The molecule has 1 aliphatic carbocycles. The molecule has 0 saturated heterocycles. The number of amides is 1. The molecule has 1 fully saturated rings. The van der Waals surface area contributed by atoms with Crippen LogP contribution < -0.4 is 10.9 Å². The van der Waals surface area contributed by atoms with E-state index >= 15 is 0 Å². The first-order valence-corrected chi connectivity index (χ1v) is 13.5. The molecule has 1 aliphatic rings. The maximum atomic E-state index is 14.0. The maximum Gasteiger partial charge on any atom is 0.435 e. The largest absolute Gasteiger partial charge is 0.435 e. The molecule has 1 atom stereocenters. The molecule has 5 rings (SSSR count). The molecule has 2 N–H and O–H groups in total. The highest BCUT2D eigenvalue weighted by molar-refractivity contribution is 6.42. The highest BCUT2D eigenvalue weighted by atomic mass is 35.5. The van der Waals surface area contributed by atoms with Gasteiger partial charge >= 0.3 is 6.18 Å². The molecule has 7 nitrogen and oxygen atoms in total. The van der Waals surface area contributed by atoms with Crippen molar-refractivity contribution in [3.63, 3.8) is 0 Å². The number of carbonyl (C=O) groups is 1. The number of rotatable bonds is 8. The number of alkyl halides is 3. The fourth-order valence-corrected chi connectivity index (χ4v) is 5.06. The highest BCUT2D eigenvalue weighted by Gasteiger charge is 2.38. The van der Waals surface area contributed by atoms with Gasteiger partial charge in [-0.25, -0.2) is 0 Å². The topological polar surface area (TPSA) is 80.6 Å². The van der Waals surface area contributed by atoms with Gasteiger partial charge in [0.15, 0.2) is 5.69 Å². The zero-order chi connectivity index (χ0) is 28.8. The molecule has 40 heavy (non-hydrogen) atoms. The summed E-state index contributed by atoms with van der Waals surface area (Å²) in [5.74, 6) is -0.208. The molecule has 0 spiro atoms. The Hall–Kier alpha value is -3.50. The number of benzene rings is 2. The van der Waals surface area contributed by atoms with E-state index in [0.717, 1.165) is 18.4 Å². The van der Waals surface area contributed by atoms with Crippen molar-refractivity contribution in [2.45, 2.75) is 45.1 Å². The Morgan fingerprint density at radius 1 is 1.15 bits per heavy atom. The second-order valence-corrected chi connectivity index (χ2v) is 10.8. The van der Waals surface area contributed by atoms with E-state index in [0.29, 0.717) is 15.6 Å². The van der Waals surface area contributed by atoms with Crippen molar-refractivity contribution in [2.75, 3.05) is 0 Å². The third-order valence-corrected chi connectivity index (χ3v) is 7.77. The summed E-state index contributed by atoms with van der Waals surface area (Å²) in [7, 11) is 1.73. The average Bonchev–Trinajstić information content (AvgIpc) is 3.57. The van der Waals surface area contributed by atoms with Crippen molar-refractivity contribution in [3.8, 4) is 11.1 Å². The number of halogens is 5. The van der Waals surface area contributed by atoms with E-state index in [1.165, 1.54) is 16.9 Å². The SMILES string of the molecule is CCn1cc(-c2cc(Cn3ccn(C)c3=N)cc(C(=O)N[C@H](c3ccc(Cl)c(Cl)c3)C3CC3)c2)c(C(F)(F)F)n1. The number of imidazole rings is 1. The van der Waals surface area contributed by atoms with Gasteiger partial charge in [-0.1, -0.05) is 29.3 Å². The molecule has 1 amide bonds. The number of nitrogens with zero attached hydrogens (tertiary/aromatic N) is 4. The van der Waals surface area contributed by atoms with Crippen LogP contribution in [-0.2, 0) is 26.3 Å². The first-order valence-electron chi connectivity index (χ1n) is 12.8. The molecule has 2 heterocycles. The third-order valence-electron chi connectivity index (χ3n) is 7.03. The Kier molecular flexibility index (Phi) is 7.58. The number of hydrogen-bond acceptors (Lipinski definition) is 3. The van der Waals surface area contributed by atoms with Crippen LogP contribution in [0.5, 0.6) is 0 Å². The van der Waals surface area contributed by atoms with Gasteiger partial charge in [0.05, 0.1) is 22.6 Å². The minimum atomic E-state index is -4.68. The van der Waals surface area contributed by atoms with Crippen LogP contribution in [0, 0.1) is 11.3 Å². The van der Waals surface area contributed by atoms with Crippen molar-refractivity contribution in [1.82, 2.24) is 24.2 Å². The fraction of sp³-hybridized carbons (Fsp3) is 0.321. The molecule has 0 aliphatic heterocycles. The molecular formula is C28H27Cl2F3N6O. The summed E-state index contributed by atoms with van der Waals surface area (Å²) in [5.41, 5.74) is 0.885. The van der Waals surface area contributed by atoms with E-state index in [1.807, 2.05) is 6.07 Å². The first kappa shape index (κ1) is 28.0. The van der Waals surface area contributed by atoms with Gasteiger partial charge < -0.3 is 14.5 Å². The number of hydrogen-bond donors (Lipinski definition) is 2. The standard InChI is InChI=1S/C28H27Cl2F3N6O/c1-3-39-15-21(25(36-39)28(31,32)33)19-10-16(14-38-9-8-37(2)27(38)34)11-20(12-19)26(40)35-24(17-4-5-17)18-6-7-22(29)23(30)13-18/h6-13,15,17,24,34H,3-5,14H2,1-2H3,(H,35,40)/t24-/m0/s1. The molecule has 0 radical (unpaired) electrons. The van der Waals surface area contributed by atoms with Crippen LogP contribution in [0.1, 0.15) is 53.0 Å². The van der Waals surface area contributed by atoms with Crippen LogP contribution in [-0.4, -0.2) is 24.8 Å².